The second-order valence-electron chi connectivity index (χ2n) is 5.58. The molecule has 0 radical (unpaired) electrons. The molecular weight excluding hydrogens is 302 g/mol. The Morgan fingerprint density at radius 1 is 1.04 bits per heavy atom. The van der Waals surface area contributed by atoms with Gasteiger partial charge in [0.1, 0.15) is 0 Å². The fourth-order valence-corrected chi connectivity index (χ4v) is 2.17. The Kier molecular flexibility index (Phi) is 7.70. The van der Waals surface area contributed by atoms with Crippen LogP contribution in [0.1, 0.15) is 48.5 Å². The minimum atomic E-state index is -0.222. The molecule has 0 atom stereocenters. The molecule has 1 amide bonds. The molecule has 2 rings (SSSR count). The topological polar surface area (TPSA) is 78.9 Å². The van der Waals surface area contributed by atoms with Gasteiger partial charge in [-0.25, -0.2) is 15.4 Å². The fourth-order valence-electron chi connectivity index (χ4n) is 2.17. The van der Waals surface area contributed by atoms with E-state index < -0.39 is 0 Å². The van der Waals surface area contributed by atoms with E-state index in [9.17, 15) is 4.79 Å². The monoisotopic (exact) mass is 327 g/mol. The van der Waals surface area contributed by atoms with Crippen molar-refractivity contribution in [1.29, 1.82) is 0 Å². The summed E-state index contributed by atoms with van der Waals surface area (Å²) in [6, 6.07) is 10.0. The number of carbonyl (C=O) groups excluding carboxylic acids is 1. The summed E-state index contributed by atoms with van der Waals surface area (Å²) < 4.78 is 0. The lowest BCUT2D eigenvalue weighted by Crippen LogP contribution is -2.38. The summed E-state index contributed by atoms with van der Waals surface area (Å²) in [5.74, 6) is 0.281. The molecule has 0 bridgehead atoms. The molecular formula is C18H25N5O. The summed E-state index contributed by atoms with van der Waals surface area (Å²) in [6.07, 6.45) is 7.69. The Bertz CT molecular complexity index is 601. The maximum Gasteiger partial charge on any atom is 0.268 e. The quantitative estimate of drug-likeness (QED) is 0.462. The molecule has 2 aromatic rings. The minimum absolute atomic E-state index is 0.222. The Balaban J connectivity index is 1.71. The molecule has 0 aliphatic rings. The number of carbonyl (C=O) groups is 1. The lowest BCUT2D eigenvalue weighted by atomic mass is 10.2. The Labute approximate surface area is 143 Å². The number of hydrogen-bond donors (Lipinski definition) is 3. The number of rotatable bonds is 10. The van der Waals surface area contributed by atoms with Crippen LogP contribution in [0.5, 0.6) is 0 Å². The molecule has 128 valence electrons. The lowest BCUT2D eigenvalue weighted by Gasteiger charge is -2.08. The third-order valence-electron chi connectivity index (χ3n) is 3.56. The van der Waals surface area contributed by atoms with Gasteiger partial charge in [0, 0.05) is 25.5 Å². The first-order valence-electron chi connectivity index (χ1n) is 8.42. The summed E-state index contributed by atoms with van der Waals surface area (Å²) in [5, 5.41) is 3.13. The second-order valence-corrected chi connectivity index (χ2v) is 5.58. The van der Waals surface area contributed by atoms with Crippen LogP contribution in [0.4, 0.5) is 5.95 Å². The molecule has 0 aliphatic carbocycles. The standard InChI is InChI=1S/C18H25N5O/c1-2-3-4-8-11-22-23-17(24)16-13-20-18(21-14-16)19-12-15-9-6-5-7-10-15/h5-7,9-10,13-14,22H,2-4,8,11-12H2,1H3,(H,23,24)(H,19,20,21). The van der Waals surface area contributed by atoms with Crippen LogP contribution in [0.2, 0.25) is 0 Å². The van der Waals surface area contributed by atoms with Gasteiger partial charge < -0.3 is 5.32 Å². The zero-order chi connectivity index (χ0) is 17.0. The number of nitrogens with one attached hydrogen (secondary N) is 3. The molecule has 1 heterocycles. The number of amides is 1. The SMILES string of the molecule is CCCCCCNNC(=O)c1cnc(NCc2ccccc2)nc1. The first-order valence-corrected chi connectivity index (χ1v) is 8.42. The number of hydrogen-bond acceptors (Lipinski definition) is 5. The van der Waals surface area contributed by atoms with Gasteiger partial charge in [0.2, 0.25) is 5.95 Å². The zero-order valence-corrected chi connectivity index (χ0v) is 14.1. The van der Waals surface area contributed by atoms with Gasteiger partial charge in [-0.2, -0.15) is 0 Å². The molecule has 1 aromatic carbocycles. The number of benzene rings is 1. The smallest absolute Gasteiger partial charge is 0.268 e. The van der Waals surface area contributed by atoms with Gasteiger partial charge in [-0.05, 0) is 12.0 Å². The summed E-state index contributed by atoms with van der Waals surface area (Å²) >= 11 is 0. The Morgan fingerprint density at radius 2 is 1.79 bits per heavy atom. The van der Waals surface area contributed by atoms with Crippen LogP contribution in [-0.4, -0.2) is 22.4 Å². The number of nitrogens with zero attached hydrogens (tertiary/aromatic N) is 2. The van der Waals surface area contributed by atoms with E-state index in [0.717, 1.165) is 18.5 Å². The van der Waals surface area contributed by atoms with Crippen LogP contribution in [0.15, 0.2) is 42.7 Å². The van der Waals surface area contributed by atoms with Gasteiger partial charge in [0.15, 0.2) is 0 Å². The van der Waals surface area contributed by atoms with Gasteiger partial charge in [-0.3, -0.25) is 10.2 Å². The maximum atomic E-state index is 12.0. The Morgan fingerprint density at radius 3 is 2.50 bits per heavy atom. The minimum Gasteiger partial charge on any atom is -0.350 e. The van der Waals surface area contributed by atoms with Crippen LogP contribution < -0.4 is 16.2 Å². The number of anilines is 1. The summed E-state index contributed by atoms with van der Waals surface area (Å²) in [6.45, 7) is 3.59. The highest BCUT2D eigenvalue weighted by Crippen LogP contribution is 2.04. The van der Waals surface area contributed by atoms with Crippen molar-refractivity contribution < 1.29 is 4.79 Å². The van der Waals surface area contributed by atoms with E-state index in [2.05, 4.69) is 33.1 Å². The molecule has 0 fully saturated rings. The maximum absolute atomic E-state index is 12.0. The normalized spacial score (nSPS) is 10.4. The largest absolute Gasteiger partial charge is 0.350 e. The van der Waals surface area contributed by atoms with E-state index >= 15 is 0 Å². The van der Waals surface area contributed by atoms with E-state index in [0.29, 0.717) is 18.1 Å². The third-order valence-corrected chi connectivity index (χ3v) is 3.56. The molecule has 0 spiro atoms. The summed E-state index contributed by atoms with van der Waals surface area (Å²) in [7, 11) is 0. The molecule has 24 heavy (non-hydrogen) atoms. The van der Waals surface area contributed by atoms with Crippen LogP contribution >= 0.6 is 0 Å². The van der Waals surface area contributed by atoms with Gasteiger partial charge in [-0.15, -0.1) is 0 Å². The summed E-state index contributed by atoms with van der Waals surface area (Å²) in [5.41, 5.74) is 7.18. The van der Waals surface area contributed by atoms with Crippen LogP contribution in [0.25, 0.3) is 0 Å². The molecule has 0 saturated carbocycles. The van der Waals surface area contributed by atoms with Crippen molar-refractivity contribution in [2.75, 3.05) is 11.9 Å². The van der Waals surface area contributed by atoms with Crippen molar-refractivity contribution in [2.24, 2.45) is 0 Å². The van der Waals surface area contributed by atoms with Crippen molar-refractivity contribution in [3.63, 3.8) is 0 Å². The first-order chi connectivity index (χ1) is 11.8. The number of aromatic nitrogens is 2. The predicted molar refractivity (Wildman–Crippen MR) is 95.4 cm³/mol. The molecule has 1 aromatic heterocycles. The lowest BCUT2D eigenvalue weighted by molar-refractivity contribution is 0.0932. The zero-order valence-electron chi connectivity index (χ0n) is 14.1. The molecule has 0 unspecified atom stereocenters. The van der Waals surface area contributed by atoms with Crippen molar-refractivity contribution >= 4 is 11.9 Å². The van der Waals surface area contributed by atoms with Crippen LogP contribution in [0, 0.1) is 0 Å². The van der Waals surface area contributed by atoms with Crippen molar-refractivity contribution in [2.45, 2.75) is 39.2 Å². The second kappa shape index (κ2) is 10.3. The van der Waals surface area contributed by atoms with Crippen LogP contribution in [-0.2, 0) is 6.54 Å². The number of hydrazine groups is 1. The van der Waals surface area contributed by atoms with E-state index in [1.165, 1.54) is 31.7 Å². The highest BCUT2D eigenvalue weighted by Gasteiger charge is 2.06. The molecule has 0 aliphatic heterocycles. The average molecular weight is 327 g/mol. The van der Waals surface area contributed by atoms with Crippen molar-refractivity contribution in [3.8, 4) is 0 Å². The summed E-state index contributed by atoms with van der Waals surface area (Å²) in [4.78, 5) is 20.3. The molecule has 6 heteroatoms. The van der Waals surface area contributed by atoms with E-state index in [1.807, 2.05) is 30.3 Å². The van der Waals surface area contributed by atoms with E-state index in [4.69, 9.17) is 0 Å². The van der Waals surface area contributed by atoms with Gasteiger partial charge in [-0.1, -0.05) is 56.5 Å². The van der Waals surface area contributed by atoms with Gasteiger partial charge >= 0.3 is 0 Å². The molecule has 0 saturated heterocycles. The van der Waals surface area contributed by atoms with E-state index in [1.54, 1.807) is 0 Å². The molecule has 3 N–H and O–H groups in total. The van der Waals surface area contributed by atoms with E-state index in [-0.39, 0.29) is 5.91 Å². The first kappa shape index (κ1) is 17.9. The number of unbranched alkanes of at least 4 members (excludes halogenated alkanes) is 3. The van der Waals surface area contributed by atoms with Gasteiger partial charge in [0.05, 0.1) is 5.56 Å². The Hall–Kier alpha value is -2.47. The highest BCUT2D eigenvalue weighted by molar-refractivity contribution is 5.93. The van der Waals surface area contributed by atoms with Crippen molar-refractivity contribution in [3.05, 3.63) is 53.9 Å². The van der Waals surface area contributed by atoms with Gasteiger partial charge in [0.25, 0.3) is 5.91 Å². The third kappa shape index (κ3) is 6.34. The molecule has 6 nitrogen and oxygen atoms in total. The highest BCUT2D eigenvalue weighted by atomic mass is 16.2. The van der Waals surface area contributed by atoms with Crippen molar-refractivity contribution in [1.82, 2.24) is 20.8 Å². The fraction of sp³-hybridized carbons (Fsp3) is 0.389. The van der Waals surface area contributed by atoms with Crippen LogP contribution in [0.3, 0.4) is 0 Å². The predicted octanol–water partition coefficient (Wildman–Crippen LogP) is 2.90. The average Bonchev–Trinajstić information content (AvgIpc) is 2.64.